The number of thioether (sulfide) groups is 1. The number of imidazole rings is 1. The first-order chi connectivity index (χ1) is 14.0. The van der Waals surface area contributed by atoms with Gasteiger partial charge in [-0.1, -0.05) is 25.1 Å². The Morgan fingerprint density at radius 1 is 1.34 bits per heavy atom. The first kappa shape index (κ1) is 21.7. The zero-order valence-electron chi connectivity index (χ0n) is 16.9. The molecule has 1 unspecified atom stereocenters. The molecule has 3 aromatic rings. The van der Waals surface area contributed by atoms with E-state index in [1.807, 2.05) is 36.9 Å². The molecule has 3 aromatic heterocycles. The Morgan fingerprint density at radius 2 is 2.14 bits per heavy atom. The van der Waals surface area contributed by atoms with Crippen molar-refractivity contribution in [3.8, 4) is 28.2 Å². The summed E-state index contributed by atoms with van der Waals surface area (Å²) in [6, 6.07) is 4.19. The number of pyridine rings is 1. The second-order valence-corrected chi connectivity index (χ2v) is 10.4. The van der Waals surface area contributed by atoms with Crippen LogP contribution in [0.4, 0.5) is 0 Å². The van der Waals surface area contributed by atoms with Gasteiger partial charge in [0.2, 0.25) is 0 Å². The van der Waals surface area contributed by atoms with Crippen LogP contribution in [0.25, 0.3) is 22.1 Å². The lowest BCUT2D eigenvalue weighted by molar-refractivity contribution is 0.682. The molecule has 0 spiro atoms. The van der Waals surface area contributed by atoms with Crippen LogP contribution in [0, 0.1) is 25.2 Å². The molecule has 3 rings (SSSR count). The number of nitrogens with zero attached hydrogens (tertiary/aromatic N) is 5. The molecule has 3 heterocycles. The van der Waals surface area contributed by atoms with Crippen molar-refractivity contribution >= 4 is 33.9 Å². The van der Waals surface area contributed by atoms with Crippen molar-refractivity contribution in [2.24, 2.45) is 7.05 Å². The maximum absolute atomic E-state index is 12.3. The highest BCUT2D eigenvalue weighted by atomic mass is 32.2. The normalized spacial score (nSPS) is 12.1. The zero-order valence-corrected chi connectivity index (χ0v) is 19.4. The summed E-state index contributed by atoms with van der Waals surface area (Å²) in [5, 5.41) is 13.6. The molecular weight excluding hydrogens is 422 g/mol. The van der Waals surface area contributed by atoms with Crippen molar-refractivity contribution in [1.82, 2.24) is 19.5 Å². The quantitative estimate of drug-likeness (QED) is 0.468. The predicted molar refractivity (Wildman–Crippen MR) is 120 cm³/mol. The van der Waals surface area contributed by atoms with Crippen LogP contribution >= 0.6 is 23.1 Å². The second-order valence-electron chi connectivity index (χ2n) is 6.61. The van der Waals surface area contributed by atoms with Gasteiger partial charge < -0.3 is 4.57 Å². The minimum atomic E-state index is -0.949. The van der Waals surface area contributed by atoms with Crippen molar-refractivity contribution in [3.63, 3.8) is 0 Å². The van der Waals surface area contributed by atoms with Gasteiger partial charge in [0.25, 0.3) is 0 Å². The van der Waals surface area contributed by atoms with Crippen molar-refractivity contribution in [2.75, 3.05) is 10.8 Å². The molecule has 0 bridgehead atoms. The highest BCUT2D eigenvalue weighted by Crippen LogP contribution is 2.35. The largest absolute Gasteiger partial charge is 0.331 e. The maximum Gasteiger partial charge on any atom is 0.141 e. The number of aromatic nitrogens is 4. The Kier molecular flexibility index (Phi) is 7.22. The van der Waals surface area contributed by atoms with E-state index in [4.69, 9.17) is 4.98 Å². The fraction of sp³-hybridized carbons (Fsp3) is 0.400. The van der Waals surface area contributed by atoms with Crippen molar-refractivity contribution in [2.45, 2.75) is 38.6 Å². The number of rotatable bonds is 8. The van der Waals surface area contributed by atoms with Gasteiger partial charge in [0, 0.05) is 46.4 Å². The average Bonchev–Trinajstić information content (AvgIpc) is 3.35. The van der Waals surface area contributed by atoms with Crippen LogP contribution in [0.1, 0.15) is 36.7 Å². The first-order valence-corrected chi connectivity index (χ1v) is 12.6. The Balaban J connectivity index is 2.09. The molecule has 0 aliphatic heterocycles. The van der Waals surface area contributed by atoms with Gasteiger partial charge in [0.15, 0.2) is 0 Å². The molecule has 29 heavy (non-hydrogen) atoms. The third-order valence-electron chi connectivity index (χ3n) is 4.66. The third kappa shape index (κ3) is 4.77. The lowest BCUT2D eigenvalue weighted by atomic mass is 10.1. The van der Waals surface area contributed by atoms with E-state index in [9.17, 15) is 9.47 Å². The molecule has 6 nitrogen and oxygen atoms in total. The number of thiazole rings is 1. The van der Waals surface area contributed by atoms with E-state index in [0.29, 0.717) is 27.1 Å². The molecule has 0 aromatic carbocycles. The van der Waals surface area contributed by atoms with E-state index < -0.39 is 10.8 Å². The zero-order chi connectivity index (χ0) is 21.0. The van der Waals surface area contributed by atoms with Gasteiger partial charge in [-0.05, 0) is 26.3 Å². The topological polar surface area (TPSA) is 84.5 Å². The van der Waals surface area contributed by atoms with Gasteiger partial charge in [-0.25, -0.2) is 15.0 Å². The molecule has 152 valence electrons. The van der Waals surface area contributed by atoms with E-state index in [2.05, 4.69) is 23.0 Å². The molecule has 0 aliphatic rings. The minimum Gasteiger partial charge on any atom is -0.331 e. The van der Waals surface area contributed by atoms with E-state index in [0.717, 1.165) is 40.6 Å². The van der Waals surface area contributed by atoms with Crippen molar-refractivity contribution < 1.29 is 4.21 Å². The summed E-state index contributed by atoms with van der Waals surface area (Å²) in [5.74, 6) is 1.40. The standard InChI is InChI=1S/C20H23N5OS3/c1-5-6-9-29(26)12-28-19-16(11-21)15(18-23-13(2)14(3)25(18)4)10-17(24-19)20-22-7-8-27-20/h7-8,10H,5-6,9,12H2,1-4H3. The molecule has 0 fully saturated rings. The molecule has 1 atom stereocenters. The Hall–Kier alpha value is -2.02. The van der Waals surface area contributed by atoms with Crippen molar-refractivity contribution in [1.29, 1.82) is 5.26 Å². The molecule has 0 amide bonds. The summed E-state index contributed by atoms with van der Waals surface area (Å²) >= 11 is 2.87. The van der Waals surface area contributed by atoms with Crippen LogP contribution in [0.5, 0.6) is 0 Å². The van der Waals surface area contributed by atoms with Gasteiger partial charge in [-0.3, -0.25) is 4.21 Å². The molecular formula is C20H23N5OS3. The fourth-order valence-corrected chi connectivity index (χ4v) is 5.93. The summed E-state index contributed by atoms with van der Waals surface area (Å²) in [5.41, 5.74) is 3.87. The third-order valence-corrected chi connectivity index (χ3v) is 8.29. The minimum absolute atomic E-state index is 0.418. The predicted octanol–water partition coefficient (Wildman–Crippen LogP) is 4.69. The molecule has 0 aliphatic carbocycles. The highest BCUT2D eigenvalue weighted by molar-refractivity contribution is 8.10. The van der Waals surface area contributed by atoms with Crippen LogP contribution in [0.3, 0.4) is 0 Å². The Bertz CT molecular complexity index is 1070. The molecule has 0 N–H and O–H groups in total. The lowest BCUT2D eigenvalue weighted by Gasteiger charge is -2.11. The van der Waals surface area contributed by atoms with E-state index in [1.165, 1.54) is 23.1 Å². The molecule has 9 heteroatoms. The number of hydrogen-bond acceptors (Lipinski definition) is 7. The van der Waals surface area contributed by atoms with E-state index in [-0.39, 0.29) is 0 Å². The highest BCUT2D eigenvalue weighted by Gasteiger charge is 2.21. The first-order valence-electron chi connectivity index (χ1n) is 9.29. The number of nitriles is 1. The summed E-state index contributed by atoms with van der Waals surface area (Å²) in [6.45, 7) is 6.05. The monoisotopic (exact) mass is 445 g/mol. The summed E-state index contributed by atoms with van der Waals surface area (Å²) in [7, 11) is 0.997. The van der Waals surface area contributed by atoms with Gasteiger partial charge in [-0.2, -0.15) is 5.26 Å². The molecule has 0 radical (unpaired) electrons. The Morgan fingerprint density at radius 3 is 2.72 bits per heavy atom. The van der Waals surface area contributed by atoms with E-state index in [1.54, 1.807) is 6.20 Å². The smallest absolute Gasteiger partial charge is 0.141 e. The van der Waals surface area contributed by atoms with Crippen LogP contribution in [0.15, 0.2) is 22.7 Å². The average molecular weight is 446 g/mol. The Labute approximate surface area is 181 Å². The number of aryl methyl sites for hydroxylation is 1. The van der Waals surface area contributed by atoms with Gasteiger partial charge in [0.05, 0.1) is 16.3 Å². The van der Waals surface area contributed by atoms with Gasteiger partial charge in [0.1, 0.15) is 27.6 Å². The van der Waals surface area contributed by atoms with Crippen LogP contribution < -0.4 is 0 Å². The van der Waals surface area contributed by atoms with Crippen LogP contribution in [0.2, 0.25) is 0 Å². The molecule has 0 saturated heterocycles. The summed E-state index contributed by atoms with van der Waals surface area (Å²) < 4.78 is 14.3. The summed E-state index contributed by atoms with van der Waals surface area (Å²) in [6.07, 6.45) is 3.68. The fourth-order valence-electron chi connectivity index (χ4n) is 2.81. The number of unbranched alkanes of at least 4 members (excludes halogenated alkanes) is 1. The number of hydrogen-bond donors (Lipinski definition) is 0. The maximum atomic E-state index is 12.3. The van der Waals surface area contributed by atoms with Crippen LogP contribution in [-0.2, 0) is 17.8 Å². The lowest BCUT2D eigenvalue weighted by Crippen LogP contribution is -2.03. The molecule has 0 saturated carbocycles. The van der Waals surface area contributed by atoms with E-state index >= 15 is 0 Å². The van der Waals surface area contributed by atoms with Gasteiger partial charge in [-0.15, -0.1) is 11.3 Å². The second kappa shape index (κ2) is 9.65. The SMILES string of the molecule is CCCCS(=O)CSc1nc(-c2nccs2)cc(-c2nc(C)c(C)n2C)c1C#N. The van der Waals surface area contributed by atoms with Gasteiger partial charge >= 0.3 is 0 Å². The van der Waals surface area contributed by atoms with Crippen LogP contribution in [-0.4, -0.2) is 34.6 Å². The van der Waals surface area contributed by atoms with Crippen molar-refractivity contribution in [3.05, 3.63) is 34.6 Å². The summed E-state index contributed by atoms with van der Waals surface area (Å²) in [4.78, 5) is 13.8.